The van der Waals surface area contributed by atoms with Crippen molar-refractivity contribution in [2.24, 2.45) is 0 Å². The van der Waals surface area contributed by atoms with Crippen LogP contribution in [0, 0.1) is 0 Å². The third-order valence-corrected chi connectivity index (χ3v) is 3.40. The van der Waals surface area contributed by atoms with E-state index in [-0.39, 0.29) is 6.61 Å². The minimum Gasteiger partial charge on any atom is -0.473 e. The average Bonchev–Trinajstić information content (AvgIpc) is 2.81. The summed E-state index contributed by atoms with van der Waals surface area (Å²) in [5, 5.41) is 7.85. The molecular weight excluding hydrogens is 299 g/mol. The van der Waals surface area contributed by atoms with E-state index in [1.54, 1.807) is 30.3 Å². The monoisotopic (exact) mass is 308 g/mol. The van der Waals surface area contributed by atoms with Gasteiger partial charge in [-0.25, -0.2) is 4.98 Å². The molecule has 3 aromatic rings. The van der Waals surface area contributed by atoms with Gasteiger partial charge in [-0.2, -0.15) is 5.10 Å². The Kier molecular flexibility index (Phi) is 3.38. The Morgan fingerprint density at radius 1 is 1.20 bits per heavy atom. The molecule has 0 radical (unpaired) electrons. The first-order chi connectivity index (χ1) is 9.63. The van der Waals surface area contributed by atoms with Crippen molar-refractivity contribution in [1.29, 1.82) is 0 Å². The zero-order valence-corrected chi connectivity index (χ0v) is 11.7. The highest BCUT2D eigenvalue weighted by molar-refractivity contribution is 6.33. The quantitative estimate of drug-likeness (QED) is 0.777. The minimum absolute atomic E-state index is 0.273. The molecule has 3 N–H and O–H groups in total. The lowest BCUT2D eigenvalue weighted by atomic mass is 10.2. The Bertz CT molecular complexity index is 772. The molecule has 0 fully saturated rings. The molecule has 0 amide bonds. The van der Waals surface area contributed by atoms with Crippen LogP contribution in [0.2, 0.25) is 10.0 Å². The number of nitrogens with zero attached hydrogens (tertiary/aromatic N) is 2. The van der Waals surface area contributed by atoms with E-state index in [0.29, 0.717) is 27.3 Å². The van der Waals surface area contributed by atoms with Crippen LogP contribution in [0.1, 0.15) is 5.56 Å². The van der Waals surface area contributed by atoms with E-state index in [1.807, 2.05) is 0 Å². The fraction of sp³-hybridized carbons (Fsp3) is 0.0769. The number of fused-ring (bicyclic) bond motifs is 1. The number of anilines is 1. The van der Waals surface area contributed by atoms with E-state index >= 15 is 0 Å². The van der Waals surface area contributed by atoms with E-state index < -0.39 is 0 Å². The molecule has 5 nitrogen and oxygen atoms in total. The molecule has 1 aromatic carbocycles. The highest BCUT2D eigenvalue weighted by Gasteiger charge is 2.07. The molecule has 2 aromatic heterocycles. The lowest BCUT2D eigenvalue weighted by Gasteiger charge is -2.07. The van der Waals surface area contributed by atoms with Gasteiger partial charge in [-0.1, -0.05) is 23.2 Å². The predicted molar refractivity (Wildman–Crippen MR) is 79.1 cm³/mol. The topological polar surface area (TPSA) is 76.8 Å². The molecule has 0 saturated carbocycles. The lowest BCUT2D eigenvalue weighted by molar-refractivity contribution is 0.295. The predicted octanol–water partition coefficient (Wildman–Crippen LogP) is 3.43. The summed E-state index contributed by atoms with van der Waals surface area (Å²) in [6.07, 6.45) is 0. The summed E-state index contributed by atoms with van der Waals surface area (Å²) in [4.78, 5) is 4.28. The van der Waals surface area contributed by atoms with Gasteiger partial charge in [0, 0.05) is 21.7 Å². The van der Waals surface area contributed by atoms with E-state index in [2.05, 4.69) is 15.2 Å². The second-order valence-corrected chi connectivity index (χ2v) is 5.02. The Balaban J connectivity index is 1.82. The molecular formula is C13H10Cl2N4O. The van der Waals surface area contributed by atoms with Gasteiger partial charge >= 0.3 is 0 Å². The maximum atomic E-state index is 6.07. The first-order valence-corrected chi connectivity index (χ1v) is 6.56. The Hall–Kier alpha value is -1.98. The van der Waals surface area contributed by atoms with Crippen LogP contribution in [0.25, 0.3) is 11.0 Å². The number of hydrogen-bond donors (Lipinski definition) is 2. The van der Waals surface area contributed by atoms with Gasteiger partial charge in [0.05, 0.1) is 5.52 Å². The van der Waals surface area contributed by atoms with E-state index in [4.69, 9.17) is 33.7 Å². The van der Waals surface area contributed by atoms with Crippen LogP contribution in [0.4, 0.5) is 5.82 Å². The number of ether oxygens (including phenoxy) is 1. The fourth-order valence-corrected chi connectivity index (χ4v) is 2.15. The van der Waals surface area contributed by atoms with Gasteiger partial charge in [-0.3, -0.25) is 5.10 Å². The molecule has 0 spiro atoms. The zero-order valence-electron chi connectivity index (χ0n) is 10.2. The normalized spacial score (nSPS) is 10.9. The van der Waals surface area contributed by atoms with Crippen molar-refractivity contribution < 1.29 is 4.74 Å². The third-order valence-electron chi connectivity index (χ3n) is 2.79. The van der Waals surface area contributed by atoms with Crippen molar-refractivity contribution in [3.05, 3.63) is 45.9 Å². The number of nitrogens with one attached hydrogen (secondary N) is 1. The number of aromatic nitrogens is 3. The van der Waals surface area contributed by atoms with Crippen LogP contribution in [-0.2, 0) is 6.61 Å². The van der Waals surface area contributed by atoms with Gasteiger partial charge in [0.25, 0.3) is 0 Å². The van der Waals surface area contributed by atoms with E-state index in [0.717, 1.165) is 11.1 Å². The molecule has 0 aliphatic heterocycles. The molecule has 0 aliphatic carbocycles. The van der Waals surface area contributed by atoms with Gasteiger partial charge in [-0.05, 0) is 24.3 Å². The number of nitrogen functional groups attached to an aromatic ring is 1. The summed E-state index contributed by atoms with van der Waals surface area (Å²) >= 11 is 12.0. The van der Waals surface area contributed by atoms with Gasteiger partial charge in [0.1, 0.15) is 12.1 Å². The van der Waals surface area contributed by atoms with E-state index in [1.165, 1.54) is 0 Å². The van der Waals surface area contributed by atoms with Crippen molar-refractivity contribution in [3.63, 3.8) is 0 Å². The van der Waals surface area contributed by atoms with Crippen LogP contribution in [0.3, 0.4) is 0 Å². The number of benzene rings is 1. The number of H-pyrrole nitrogens is 1. The van der Waals surface area contributed by atoms with Gasteiger partial charge in [0.2, 0.25) is 5.88 Å². The van der Waals surface area contributed by atoms with Gasteiger partial charge in [-0.15, -0.1) is 0 Å². The number of aromatic amines is 1. The molecule has 20 heavy (non-hydrogen) atoms. The number of pyridine rings is 1. The molecule has 0 bridgehead atoms. The molecule has 0 unspecified atom stereocenters. The van der Waals surface area contributed by atoms with Crippen molar-refractivity contribution in [3.8, 4) is 5.88 Å². The number of halogens is 2. The standard InChI is InChI=1S/C13H10Cl2N4O/c14-8-1-2-9(15)7(5-8)6-20-11-4-3-10-12(17-11)13(16)19-18-10/h1-5H,6H2,(H3,16,18,19). The first kappa shape index (κ1) is 13.0. The second kappa shape index (κ2) is 5.19. The fourth-order valence-electron chi connectivity index (χ4n) is 1.79. The van der Waals surface area contributed by atoms with Crippen LogP contribution in [0.15, 0.2) is 30.3 Å². The van der Waals surface area contributed by atoms with Crippen LogP contribution < -0.4 is 10.5 Å². The van der Waals surface area contributed by atoms with Crippen molar-refractivity contribution in [1.82, 2.24) is 15.2 Å². The third kappa shape index (κ3) is 2.50. The summed E-state index contributed by atoms with van der Waals surface area (Å²) < 4.78 is 5.61. The molecule has 0 atom stereocenters. The number of rotatable bonds is 3. The largest absolute Gasteiger partial charge is 0.473 e. The molecule has 0 aliphatic rings. The smallest absolute Gasteiger partial charge is 0.214 e. The van der Waals surface area contributed by atoms with Crippen LogP contribution >= 0.6 is 23.2 Å². The molecule has 7 heteroatoms. The van der Waals surface area contributed by atoms with Crippen molar-refractivity contribution in [2.45, 2.75) is 6.61 Å². The molecule has 0 saturated heterocycles. The van der Waals surface area contributed by atoms with Gasteiger partial charge in [0.15, 0.2) is 5.82 Å². The van der Waals surface area contributed by atoms with Crippen molar-refractivity contribution >= 4 is 40.1 Å². The molecule has 102 valence electrons. The summed E-state index contributed by atoms with van der Waals surface area (Å²) in [5.41, 5.74) is 7.83. The highest BCUT2D eigenvalue weighted by atomic mass is 35.5. The average molecular weight is 309 g/mol. The second-order valence-electron chi connectivity index (χ2n) is 4.18. The lowest BCUT2D eigenvalue weighted by Crippen LogP contribution is -1.98. The summed E-state index contributed by atoms with van der Waals surface area (Å²) in [6.45, 7) is 0.273. The zero-order chi connectivity index (χ0) is 14.1. The SMILES string of the molecule is Nc1n[nH]c2ccc(OCc3cc(Cl)ccc3Cl)nc12. The van der Waals surface area contributed by atoms with Crippen LogP contribution in [-0.4, -0.2) is 15.2 Å². The first-order valence-electron chi connectivity index (χ1n) is 5.81. The maximum Gasteiger partial charge on any atom is 0.214 e. The summed E-state index contributed by atoms with van der Waals surface area (Å²) in [7, 11) is 0. The van der Waals surface area contributed by atoms with Crippen molar-refractivity contribution in [2.75, 3.05) is 5.73 Å². The maximum absolute atomic E-state index is 6.07. The Morgan fingerprint density at radius 3 is 2.90 bits per heavy atom. The minimum atomic E-state index is 0.273. The van der Waals surface area contributed by atoms with E-state index in [9.17, 15) is 0 Å². The van der Waals surface area contributed by atoms with Crippen LogP contribution in [0.5, 0.6) is 5.88 Å². The summed E-state index contributed by atoms with van der Waals surface area (Å²) in [6, 6.07) is 8.75. The molecule has 2 heterocycles. The van der Waals surface area contributed by atoms with Gasteiger partial charge < -0.3 is 10.5 Å². The number of hydrogen-bond acceptors (Lipinski definition) is 4. The number of nitrogens with two attached hydrogens (primary N) is 1. The summed E-state index contributed by atoms with van der Waals surface area (Å²) in [5.74, 6) is 0.785. The molecule has 3 rings (SSSR count). The highest BCUT2D eigenvalue weighted by Crippen LogP contribution is 2.23. The Labute approximate surface area is 124 Å². The Morgan fingerprint density at radius 2 is 2.05 bits per heavy atom.